The number of ether oxygens (including phenoxy) is 1. The molecule has 2 aromatic carbocycles. The molecule has 0 aliphatic heterocycles. The Morgan fingerprint density at radius 2 is 1.77 bits per heavy atom. The van der Waals surface area contributed by atoms with Gasteiger partial charge < -0.3 is 10.1 Å². The number of rotatable bonds is 10. The first-order chi connectivity index (χ1) is 14.2. The second-order valence-corrected chi connectivity index (χ2v) is 9.65. The van der Waals surface area contributed by atoms with E-state index in [1.165, 1.54) is 11.4 Å². The monoisotopic (exact) mass is 432 g/mol. The smallest absolute Gasteiger partial charge is 0.244 e. The second-order valence-electron chi connectivity index (χ2n) is 7.79. The molecular weight excluding hydrogens is 400 g/mol. The van der Waals surface area contributed by atoms with Crippen molar-refractivity contribution in [2.24, 2.45) is 5.92 Å². The van der Waals surface area contributed by atoms with Crippen LogP contribution >= 0.6 is 0 Å². The zero-order valence-electron chi connectivity index (χ0n) is 18.3. The van der Waals surface area contributed by atoms with Gasteiger partial charge in [0.25, 0.3) is 0 Å². The lowest BCUT2D eigenvalue weighted by Gasteiger charge is -2.32. The van der Waals surface area contributed by atoms with Gasteiger partial charge in [-0.3, -0.25) is 9.10 Å². The number of methoxy groups -OCH3 is 1. The second kappa shape index (κ2) is 10.5. The van der Waals surface area contributed by atoms with Gasteiger partial charge in [0, 0.05) is 6.07 Å². The third-order valence-corrected chi connectivity index (χ3v) is 6.04. The molecule has 0 saturated heterocycles. The molecule has 0 spiro atoms. The standard InChI is InChI=1S/C23H32N2O4S/c1-6-22(25(30(5,27)28)19-13-10-14-20(16-19)29-4)23(26)24-21(15-17(2)3)18-11-8-7-9-12-18/h7-14,16-17,21-22H,6,15H2,1-5H3,(H,24,26)/t21-,22-/m0/s1. The summed E-state index contributed by atoms with van der Waals surface area (Å²) in [6, 6.07) is 15.4. The molecule has 0 unspecified atom stereocenters. The molecule has 0 bridgehead atoms. The third-order valence-electron chi connectivity index (χ3n) is 4.86. The van der Waals surface area contributed by atoms with Crippen LogP contribution in [-0.2, 0) is 14.8 Å². The van der Waals surface area contributed by atoms with Gasteiger partial charge in [-0.1, -0.05) is 57.2 Å². The predicted octanol–water partition coefficient (Wildman–Crippen LogP) is 4.14. The van der Waals surface area contributed by atoms with Gasteiger partial charge in [0.05, 0.1) is 25.1 Å². The molecule has 2 aromatic rings. The highest BCUT2D eigenvalue weighted by atomic mass is 32.2. The van der Waals surface area contributed by atoms with Crippen LogP contribution in [0.1, 0.15) is 45.2 Å². The van der Waals surface area contributed by atoms with Gasteiger partial charge in [0.2, 0.25) is 15.9 Å². The van der Waals surface area contributed by atoms with Gasteiger partial charge in [-0.15, -0.1) is 0 Å². The number of anilines is 1. The maximum Gasteiger partial charge on any atom is 0.244 e. The van der Waals surface area contributed by atoms with Gasteiger partial charge in [-0.25, -0.2) is 8.42 Å². The van der Waals surface area contributed by atoms with Crippen molar-refractivity contribution in [1.82, 2.24) is 5.32 Å². The average Bonchev–Trinajstić information content (AvgIpc) is 2.70. The SMILES string of the molecule is CC[C@@H](C(=O)N[C@@H](CC(C)C)c1ccccc1)N(c1cccc(OC)c1)S(C)(=O)=O. The van der Waals surface area contributed by atoms with Gasteiger partial charge in [0.15, 0.2) is 0 Å². The molecular formula is C23H32N2O4S. The summed E-state index contributed by atoms with van der Waals surface area (Å²) < 4.78 is 31.8. The molecule has 7 heteroatoms. The lowest BCUT2D eigenvalue weighted by Crippen LogP contribution is -2.50. The number of carbonyl (C=O) groups excluding carboxylic acids is 1. The van der Waals surface area contributed by atoms with E-state index in [9.17, 15) is 13.2 Å². The molecule has 2 atom stereocenters. The van der Waals surface area contributed by atoms with Crippen molar-refractivity contribution in [3.8, 4) is 5.75 Å². The van der Waals surface area contributed by atoms with Gasteiger partial charge in [-0.2, -0.15) is 0 Å². The largest absolute Gasteiger partial charge is 0.497 e. The van der Waals surface area contributed by atoms with Crippen LogP contribution in [0.5, 0.6) is 5.75 Å². The molecule has 0 aliphatic rings. The fourth-order valence-electron chi connectivity index (χ4n) is 3.51. The van der Waals surface area contributed by atoms with Crippen LogP contribution in [0.3, 0.4) is 0 Å². The fourth-order valence-corrected chi connectivity index (χ4v) is 4.71. The van der Waals surface area contributed by atoms with E-state index >= 15 is 0 Å². The molecule has 1 N–H and O–H groups in total. The molecule has 0 saturated carbocycles. The zero-order chi connectivity index (χ0) is 22.3. The number of hydrogen-bond acceptors (Lipinski definition) is 4. The van der Waals surface area contributed by atoms with E-state index in [1.54, 1.807) is 24.3 Å². The lowest BCUT2D eigenvalue weighted by atomic mass is 9.96. The van der Waals surface area contributed by atoms with Crippen LogP contribution in [0, 0.1) is 5.92 Å². The highest BCUT2D eigenvalue weighted by Gasteiger charge is 2.33. The Morgan fingerprint density at radius 3 is 2.30 bits per heavy atom. The molecule has 0 aliphatic carbocycles. The highest BCUT2D eigenvalue weighted by Crippen LogP contribution is 2.27. The summed E-state index contributed by atoms with van der Waals surface area (Å²) in [5, 5.41) is 3.09. The Bertz CT molecular complexity index is 929. The van der Waals surface area contributed by atoms with Gasteiger partial charge in [0.1, 0.15) is 11.8 Å². The predicted molar refractivity (Wildman–Crippen MR) is 121 cm³/mol. The highest BCUT2D eigenvalue weighted by molar-refractivity contribution is 7.92. The van der Waals surface area contributed by atoms with Crippen LogP contribution in [0.15, 0.2) is 54.6 Å². The molecule has 1 amide bonds. The van der Waals surface area contributed by atoms with Crippen LogP contribution in [0.4, 0.5) is 5.69 Å². The number of benzene rings is 2. The van der Waals surface area contributed by atoms with Crippen molar-refractivity contribution in [1.29, 1.82) is 0 Å². The van der Waals surface area contributed by atoms with Crippen LogP contribution in [0.2, 0.25) is 0 Å². The van der Waals surface area contributed by atoms with E-state index in [1.807, 2.05) is 37.3 Å². The van der Waals surface area contributed by atoms with Crippen LogP contribution in [-0.4, -0.2) is 33.7 Å². The van der Waals surface area contributed by atoms with E-state index in [0.29, 0.717) is 23.8 Å². The van der Waals surface area contributed by atoms with Crippen LogP contribution in [0.25, 0.3) is 0 Å². The number of amides is 1. The van der Waals surface area contributed by atoms with E-state index < -0.39 is 16.1 Å². The molecule has 0 aromatic heterocycles. The summed E-state index contributed by atoms with van der Waals surface area (Å²) in [6.07, 6.45) is 2.20. The number of nitrogens with zero attached hydrogens (tertiary/aromatic N) is 1. The summed E-state index contributed by atoms with van der Waals surface area (Å²) in [7, 11) is -2.19. The summed E-state index contributed by atoms with van der Waals surface area (Å²) in [6.45, 7) is 6.00. The molecule has 2 rings (SSSR count). The van der Waals surface area contributed by atoms with E-state index in [2.05, 4.69) is 19.2 Å². The molecule has 6 nitrogen and oxygen atoms in total. The first kappa shape index (κ1) is 23.7. The maximum atomic E-state index is 13.3. The Hall–Kier alpha value is -2.54. The topological polar surface area (TPSA) is 75.7 Å². The minimum absolute atomic E-state index is 0.195. The average molecular weight is 433 g/mol. The van der Waals surface area contributed by atoms with Gasteiger partial charge in [-0.05, 0) is 36.5 Å². The van der Waals surface area contributed by atoms with E-state index in [-0.39, 0.29) is 11.9 Å². The summed E-state index contributed by atoms with van der Waals surface area (Å²) in [5.41, 5.74) is 1.40. The Morgan fingerprint density at radius 1 is 1.10 bits per heavy atom. The van der Waals surface area contributed by atoms with Crippen molar-refractivity contribution < 1.29 is 17.9 Å². The number of nitrogens with one attached hydrogen (secondary N) is 1. The Kier molecular flexibility index (Phi) is 8.29. The molecule has 30 heavy (non-hydrogen) atoms. The fraction of sp³-hybridized carbons (Fsp3) is 0.435. The number of carbonyl (C=O) groups is 1. The van der Waals surface area contributed by atoms with E-state index in [0.717, 1.165) is 18.2 Å². The quantitative estimate of drug-likeness (QED) is 0.612. The van der Waals surface area contributed by atoms with Gasteiger partial charge >= 0.3 is 0 Å². The Balaban J connectivity index is 2.38. The number of sulfonamides is 1. The van der Waals surface area contributed by atoms with Crippen molar-refractivity contribution in [2.75, 3.05) is 17.7 Å². The molecule has 0 fully saturated rings. The first-order valence-corrected chi connectivity index (χ1v) is 12.0. The maximum absolute atomic E-state index is 13.3. The third kappa shape index (κ3) is 6.23. The molecule has 164 valence electrons. The Labute approximate surface area is 180 Å². The van der Waals surface area contributed by atoms with Crippen molar-refractivity contribution >= 4 is 21.6 Å². The summed E-state index contributed by atoms with van der Waals surface area (Å²) >= 11 is 0. The normalized spacial score (nSPS) is 13.5. The van der Waals surface area contributed by atoms with Crippen molar-refractivity contribution in [3.63, 3.8) is 0 Å². The molecule has 0 heterocycles. The number of hydrogen-bond donors (Lipinski definition) is 1. The van der Waals surface area contributed by atoms with Crippen LogP contribution < -0.4 is 14.4 Å². The first-order valence-electron chi connectivity index (χ1n) is 10.2. The van der Waals surface area contributed by atoms with E-state index in [4.69, 9.17) is 4.74 Å². The minimum atomic E-state index is -3.71. The summed E-state index contributed by atoms with van der Waals surface area (Å²) in [5.74, 6) is 0.568. The van der Waals surface area contributed by atoms with Crippen molar-refractivity contribution in [2.45, 2.75) is 45.7 Å². The summed E-state index contributed by atoms with van der Waals surface area (Å²) in [4.78, 5) is 13.3. The van der Waals surface area contributed by atoms with Crippen molar-refractivity contribution in [3.05, 3.63) is 60.2 Å². The lowest BCUT2D eigenvalue weighted by molar-refractivity contribution is -0.123. The minimum Gasteiger partial charge on any atom is -0.497 e. The zero-order valence-corrected chi connectivity index (χ0v) is 19.1. The molecule has 0 radical (unpaired) electrons.